The number of nitrogens with one attached hydrogen (secondary N) is 1. The molecule has 0 radical (unpaired) electrons. The number of carbonyl (C=O) groups excluding carboxylic acids is 1. The second kappa shape index (κ2) is 8.80. The Morgan fingerprint density at radius 2 is 1.81 bits per heavy atom. The first kappa shape index (κ1) is 23.0. The van der Waals surface area contributed by atoms with Crippen molar-refractivity contribution in [2.45, 2.75) is 17.6 Å². The highest BCUT2D eigenvalue weighted by molar-refractivity contribution is 7.89. The van der Waals surface area contributed by atoms with Gasteiger partial charge in [-0.25, -0.2) is 17.9 Å². The van der Waals surface area contributed by atoms with Crippen molar-refractivity contribution in [3.8, 4) is 0 Å². The summed E-state index contributed by atoms with van der Waals surface area (Å²) in [7, 11) is -2.74. The van der Waals surface area contributed by atoms with E-state index < -0.39 is 33.6 Å². The molecule has 2 heterocycles. The maximum Gasteiger partial charge on any atom is 0.451 e. The number of ether oxygens (including phenoxy) is 1. The first-order chi connectivity index (χ1) is 14.5. The van der Waals surface area contributed by atoms with E-state index in [4.69, 9.17) is 4.74 Å². The van der Waals surface area contributed by atoms with Crippen LogP contribution in [0.1, 0.15) is 16.2 Å². The van der Waals surface area contributed by atoms with Gasteiger partial charge in [0.1, 0.15) is 0 Å². The molecule has 1 aliphatic rings. The van der Waals surface area contributed by atoms with Crippen LogP contribution in [0.25, 0.3) is 0 Å². The van der Waals surface area contributed by atoms with E-state index in [1.54, 1.807) is 0 Å². The second-order valence-corrected chi connectivity index (χ2v) is 8.62. The maximum atomic E-state index is 12.8. The second-order valence-electron chi connectivity index (χ2n) is 6.68. The quantitative estimate of drug-likeness (QED) is 0.648. The number of alkyl halides is 3. The lowest BCUT2D eigenvalue weighted by Crippen LogP contribution is -2.40. The lowest BCUT2D eigenvalue weighted by molar-refractivity contribution is -0.147. The summed E-state index contributed by atoms with van der Waals surface area (Å²) in [4.78, 5) is 24.1. The van der Waals surface area contributed by atoms with Crippen LogP contribution in [0, 0.1) is 0 Å². The number of hydrogen-bond acceptors (Lipinski definition) is 6. The largest absolute Gasteiger partial charge is 0.451 e. The standard InChI is InChI=1S/C17H20F3N5O5S/c1-23-15(17(18,19)20)22-25(16(23)27)7-6-21-14(26)12-2-4-13(5-3-12)31(28,29)24-8-10-30-11-9-24/h2-5H,6-11H2,1H3,(H,21,26). The van der Waals surface area contributed by atoms with Crippen LogP contribution in [0.2, 0.25) is 0 Å². The summed E-state index contributed by atoms with van der Waals surface area (Å²) in [5.74, 6) is -1.91. The molecule has 0 spiro atoms. The van der Waals surface area contributed by atoms with E-state index in [-0.39, 0.29) is 36.6 Å². The third kappa shape index (κ3) is 4.97. The first-order valence-corrected chi connectivity index (χ1v) is 10.6. The molecule has 0 saturated carbocycles. The Bertz CT molecular complexity index is 1100. The molecule has 1 saturated heterocycles. The molecule has 1 aromatic heterocycles. The molecule has 0 unspecified atom stereocenters. The minimum atomic E-state index is -4.77. The Morgan fingerprint density at radius 1 is 1.19 bits per heavy atom. The number of hydrogen-bond donors (Lipinski definition) is 1. The molecule has 10 nitrogen and oxygen atoms in total. The molecule has 0 bridgehead atoms. The molecule has 3 rings (SSSR count). The van der Waals surface area contributed by atoms with Crippen molar-refractivity contribution in [2.75, 3.05) is 32.8 Å². The summed E-state index contributed by atoms with van der Waals surface area (Å²) in [6.45, 7) is 0.687. The average Bonchev–Trinajstić information content (AvgIpc) is 3.03. The van der Waals surface area contributed by atoms with E-state index in [1.807, 2.05) is 0 Å². The van der Waals surface area contributed by atoms with Crippen LogP contribution in [-0.4, -0.2) is 65.8 Å². The number of rotatable bonds is 6. The van der Waals surface area contributed by atoms with Gasteiger partial charge in [0.2, 0.25) is 15.8 Å². The Labute approximate surface area is 175 Å². The normalized spacial score (nSPS) is 15.7. The number of morpholine rings is 1. The van der Waals surface area contributed by atoms with E-state index in [0.29, 0.717) is 22.5 Å². The SMILES string of the molecule is Cn1c(C(F)(F)F)nn(CCNC(=O)c2ccc(S(=O)(=O)N3CCOCC3)cc2)c1=O. The zero-order chi connectivity index (χ0) is 22.8. The molecule has 0 aliphatic carbocycles. The van der Waals surface area contributed by atoms with Gasteiger partial charge in [0, 0.05) is 32.2 Å². The van der Waals surface area contributed by atoms with Crippen LogP contribution >= 0.6 is 0 Å². The van der Waals surface area contributed by atoms with Crippen LogP contribution in [0.3, 0.4) is 0 Å². The fourth-order valence-corrected chi connectivity index (χ4v) is 4.38. The van der Waals surface area contributed by atoms with Crippen LogP contribution in [0.15, 0.2) is 34.0 Å². The van der Waals surface area contributed by atoms with Crippen LogP contribution < -0.4 is 11.0 Å². The Morgan fingerprint density at radius 3 is 2.35 bits per heavy atom. The van der Waals surface area contributed by atoms with Crippen LogP contribution in [0.4, 0.5) is 13.2 Å². The van der Waals surface area contributed by atoms with Gasteiger partial charge in [-0.3, -0.25) is 9.36 Å². The van der Waals surface area contributed by atoms with Gasteiger partial charge < -0.3 is 10.1 Å². The van der Waals surface area contributed by atoms with Crippen molar-refractivity contribution >= 4 is 15.9 Å². The maximum absolute atomic E-state index is 12.8. The fraction of sp³-hybridized carbons (Fsp3) is 0.471. The number of halogens is 3. The highest BCUT2D eigenvalue weighted by Gasteiger charge is 2.38. The van der Waals surface area contributed by atoms with E-state index >= 15 is 0 Å². The smallest absolute Gasteiger partial charge is 0.379 e. The lowest BCUT2D eigenvalue weighted by atomic mass is 10.2. The van der Waals surface area contributed by atoms with Gasteiger partial charge in [-0.1, -0.05) is 0 Å². The summed E-state index contributed by atoms with van der Waals surface area (Å²) >= 11 is 0. The summed E-state index contributed by atoms with van der Waals surface area (Å²) in [5, 5.41) is 5.70. The molecule has 14 heteroatoms. The molecule has 1 N–H and O–H groups in total. The highest BCUT2D eigenvalue weighted by Crippen LogP contribution is 2.26. The molecular weight excluding hydrogens is 443 g/mol. The summed E-state index contributed by atoms with van der Waals surface area (Å²) in [6.07, 6.45) is -4.77. The van der Waals surface area contributed by atoms with Crippen molar-refractivity contribution < 1.29 is 31.1 Å². The zero-order valence-corrected chi connectivity index (χ0v) is 17.2. The molecule has 1 fully saturated rings. The van der Waals surface area contributed by atoms with Crippen LogP contribution in [0.5, 0.6) is 0 Å². The molecule has 31 heavy (non-hydrogen) atoms. The van der Waals surface area contributed by atoms with Gasteiger partial charge in [0.25, 0.3) is 5.91 Å². The first-order valence-electron chi connectivity index (χ1n) is 9.19. The highest BCUT2D eigenvalue weighted by atomic mass is 32.2. The average molecular weight is 463 g/mol. The molecule has 170 valence electrons. The van der Waals surface area contributed by atoms with E-state index in [0.717, 1.165) is 7.05 Å². The van der Waals surface area contributed by atoms with Crippen LogP contribution in [-0.2, 0) is 34.5 Å². The Hall–Kier alpha value is -2.71. The summed E-state index contributed by atoms with van der Waals surface area (Å²) < 4.78 is 71.0. The number of aromatic nitrogens is 3. The molecule has 2 aromatic rings. The van der Waals surface area contributed by atoms with Gasteiger partial charge in [-0.15, -0.1) is 5.10 Å². The molecule has 0 atom stereocenters. The fourth-order valence-electron chi connectivity index (χ4n) is 2.97. The predicted molar refractivity (Wildman–Crippen MR) is 101 cm³/mol. The van der Waals surface area contributed by atoms with Crippen molar-refractivity contribution in [1.82, 2.24) is 24.0 Å². The van der Waals surface area contributed by atoms with Gasteiger partial charge in [0.15, 0.2) is 0 Å². The van der Waals surface area contributed by atoms with Gasteiger partial charge in [-0.05, 0) is 24.3 Å². The molecular formula is C17H20F3N5O5S. The molecule has 1 amide bonds. The minimum Gasteiger partial charge on any atom is -0.379 e. The van der Waals surface area contributed by atoms with Crippen molar-refractivity contribution in [3.05, 3.63) is 46.1 Å². The van der Waals surface area contributed by atoms with Gasteiger partial charge >= 0.3 is 11.9 Å². The topological polar surface area (TPSA) is 116 Å². The van der Waals surface area contributed by atoms with Crippen molar-refractivity contribution in [3.63, 3.8) is 0 Å². The Balaban J connectivity index is 1.61. The third-order valence-corrected chi connectivity index (χ3v) is 6.54. The third-order valence-electron chi connectivity index (χ3n) is 4.63. The van der Waals surface area contributed by atoms with E-state index in [1.165, 1.54) is 28.6 Å². The van der Waals surface area contributed by atoms with Gasteiger partial charge in [-0.2, -0.15) is 17.5 Å². The number of amides is 1. The lowest BCUT2D eigenvalue weighted by Gasteiger charge is -2.26. The van der Waals surface area contributed by atoms with Gasteiger partial charge in [0.05, 0.1) is 24.7 Å². The summed E-state index contributed by atoms with van der Waals surface area (Å²) in [6, 6.07) is 5.27. The van der Waals surface area contributed by atoms with Crippen molar-refractivity contribution in [2.24, 2.45) is 7.05 Å². The van der Waals surface area contributed by atoms with E-state index in [9.17, 15) is 31.2 Å². The number of sulfonamides is 1. The van der Waals surface area contributed by atoms with E-state index in [2.05, 4.69) is 10.4 Å². The predicted octanol–water partition coefficient (Wildman–Crippen LogP) is 0.0515. The van der Waals surface area contributed by atoms with Crippen molar-refractivity contribution in [1.29, 1.82) is 0 Å². The Kier molecular flexibility index (Phi) is 6.52. The zero-order valence-electron chi connectivity index (χ0n) is 16.4. The molecule has 1 aliphatic heterocycles. The monoisotopic (exact) mass is 463 g/mol. The number of benzene rings is 1. The number of carbonyl (C=O) groups is 1. The molecule has 1 aromatic carbocycles. The number of nitrogens with zero attached hydrogens (tertiary/aromatic N) is 4. The summed E-state index contributed by atoms with van der Waals surface area (Å²) in [5.41, 5.74) is -0.801. The minimum absolute atomic E-state index is 0.0330.